The van der Waals surface area contributed by atoms with Crippen LogP contribution in [0, 0.1) is 0 Å². The maximum absolute atomic E-state index is 9.69. The number of carbonyl (C=O) groups excluding carboxylic acids is 1. The molecule has 0 radical (unpaired) electrons. The molecule has 0 aliphatic heterocycles. The number of rotatable bonds is 4. The lowest BCUT2D eigenvalue weighted by Gasteiger charge is -1.98. The van der Waals surface area contributed by atoms with E-state index in [1.54, 1.807) is 0 Å². The van der Waals surface area contributed by atoms with Gasteiger partial charge in [0.15, 0.2) is 0 Å². The van der Waals surface area contributed by atoms with Crippen LogP contribution in [0.2, 0.25) is 19.1 Å². The van der Waals surface area contributed by atoms with E-state index in [1.807, 2.05) is 0 Å². The third-order valence-electron chi connectivity index (χ3n) is 0.949. The van der Waals surface area contributed by atoms with Crippen molar-refractivity contribution in [1.29, 1.82) is 0 Å². The Bertz CT molecular complexity index is 65.4. The summed E-state index contributed by atoms with van der Waals surface area (Å²) >= 11 is 0. The fourth-order valence-corrected chi connectivity index (χ4v) is 1.17. The van der Waals surface area contributed by atoms with Crippen LogP contribution in [0.4, 0.5) is 0 Å². The normalized spacial score (nSPS) is 9.38. The fraction of sp³-hybridized carbons (Fsp3) is 0.800. The maximum Gasteiger partial charge on any atom is 0.207 e. The van der Waals surface area contributed by atoms with Gasteiger partial charge >= 0.3 is 0 Å². The van der Waals surface area contributed by atoms with Gasteiger partial charge in [-0.1, -0.05) is 13.1 Å². The number of hydrogen-bond donors (Lipinski definition) is 1. The lowest BCUT2D eigenvalue weighted by Crippen LogP contribution is -2.16. The molecule has 2 nitrogen and oxygen atoms in total. The minimum absolute atomic E-state index is 0.424. The molecule has 0 aromatic carbocycles. The number of hydrogen-bond acceptors (Lipinski definition) is 1. The molecule has 0 spiro atoms. The van der Waals surface area contributed by atoms with Crippen LogP contribution >= 0.6 is 0 Å². The van der Waals surface area contributed by atoms with Crippen molar-refractivity contribution in [2.75, 3.05) is 6.54 Å². The molecule has 0 atom stereocenters. The summed E-state index contributed by atoms with van der Waals surface area (Å²) in [6, 6.07) is 1.21. The predicted molar refractivity (Wildman–Crippen MR) is 37.8 cm³/mol. The van der Waals surface area contributed by atoms with E-state index < -0.39 is 8.80 Å². The van der Waals surface area contributed by atoms with Crippen LogP contribution in [0.3, 0.4) is 0 Å². The zero-order chi connectivity index (χ0) is 6.41. The van der Waals surface area contributed by atoms with Crippen LogP contribution < -0.4 is 5.32 Å². The van der Waals surface area contributed by atoms with E-state index in [0.717, 1.165) is 13.0 Å². The highest BCUT2D eigenvalue weighted by atomic mass is 28.3. The second kappa shape index (κ2) is 4.84. The van der Waals surface area contributed by atoms with Gasteiger partial charge in [0.1, 0.15) is 0 Å². The van der Waals surface area contributed by atoms with Gasteiger partial charge in [-0.3, -0.25) is 4.79 Å². The molecule has 48 valence electrons. The van der Waals surface area contributed by atoms with Crippen molar-refractivity contribution in [3.8, 4) is 0 Å². The minimum Gasteiger partial charge on any atom is -0.359 e. The average molecular weight is 131 g/mol. The summed E-state index contributed by atoms with van der Waals surface area (Å²) in [5.74, 6) is 0. The van der Waals surface area contributed by atoms with E-state index in [-0.39, 0.29) is 0 Å². The molecule has 3 heteroatoms. The number of carbonyl (C=O) groups is 1. The van der Waals surface area contributed by atoms with Crippen molar-refractivity contribution in [2.24, 2.45) is 0 Å². The summed E-state index contributed by atoms with van der Waals surface area (Å²) in [7, 11) is -0.424. The molecular weight excluding hydrogens is 118 g/mol. The quantitative estimate of drug-likeness (QED) is 0.330. The Labute approximate surface area is 51.9 Å². The summed E-state index contributed by atoms with van der Waals surface area (Å²) in [5, 5.41) is 2.63. The predicted octanol–water partition coefficient (Wildman–Crippen LogP) is 0.219. The first-order valence-corrected chi connectivity index (χ1v) is 6.07. The van der Waals surface area contributed by atoms with E-state index in [4.69, 9.17) is 0 Å². The molecule has 8 heavy (non-hydrogen) atoms. The monoisotopic (exact) mass is 131 g/mol. The van der Waals surface area contributed by atoms with Crippen molar-refractivity contribution in [1.82, 2.24) is 5.32 Å². The molecule has 0 unspecified atom stereocenters. The number of amides is 1. The maximum atomic E-state index is 9.69. The molecular formula is C5H13NOSi. The SMILES string of the molecule is C[SiH](C)CCNC=O. The van der Waals surface area contributed by atoms with Crippen LogP contribution in [0.25, 0.3) is 0 Å². The van der Waals surface area contributed by atoms with E-state index in [2.05, 4.69) is 18.4 Å². The van der Waals surface area contributed by atoms with Crippen molar-refractivity contribution in [2.45, 2.75) is 19.1 Å². The second-order valence-corrected chi connectivity index (χ2v) is 5.62. The van der Waals surface area contributed by atoms with Gasteiger partial charge in [-0.2, -0.15) is 0 Å². The zero-order valence-electron chi connectivity index (χ0n) is 5.48. The molecule has 0 rings (SSSR count). The topological polar surface area (TPSA) is 29.1 Å². The van der Waals surface area contributed by atoms with Crippen LogP contribution in [0.1, 0.15) is 0 Å². The van der Waals surface area contributed by atoms with E-state index in [0.29, 0.717) is 0 Å². The standard InChI is InChI=1S/C5H13NOSi/c1-8(2)4-3-6-5-7/h5,8H,3-4H2,1-2H3,(H,6,7). The van der Waals surface area contributed by atoms with Crippen LogP contribution in [0.15, 0.2) is 0 Å². The first kappa shape index (κ1) is 7.69. The van der Waals surface area contributed by atoms with Crippen LogP contribution in [0.5, 0.6) is 0 Å². The van der Waals surface area contributed by atoms with Crippen molar-refractivity contribution >= 4 is 15.2 Å². The molecule has 0 aliphatic rings. The highest BCUT2D eigenvalue weighted by Gasteiger charge is 1.91. The molecule has 0 heterocycles. The zero-order valence-corrected chi connectivity index (χ0v) is 6.63. The molecule has 0 fully saturated rings. The fourth-order valence-electron chi connectivity index (χ4n) is 0.431. The minimum atomic E-state index is -0.424. The van der Waals surface area contributed by atoms with E-state index in [9.17, 15) is 4.79 Å². The lowest BCUT2D eigenvalue weighted by molar-refractivity contribution is -0.109. The highest BCUT2D eigenvalue weighted by molar-refractivity contribution is 6.55. The summed E-state index contributed by atoms with van der Waals surface area (Å²) < 4.78 is 0. The molecule has 0 saturated heterocycles. The van der Waals surface area contributed by atoms with Crippen molar-refractivity contribution in [3.05, 3.63) is 0 Å². The first-order chi connectivity index (χ1) is 3.77. The summed E-state index contributed by atoms with van der Waals surface area (Å²) in [6.45, 7) is 5.41. The molecule has 0 aromatic rings. The smallest absolute Gasteiger partial charge is 0.207 e. The second-order valence-electron chi connectivity index (χ2n) is 2.25. The molecule has 0 bridgehead atoms. The Morgan fingerprint density at radius 3 is 2.62 bits per heavy atom. The van der Waals surface area contributed by atoms with Crippen LogP contribution in [-0.4, -0.2) is 21.8 Å². The Hall–Kier alpha value is -0.313. The Morgan fingerprint density at radius 2 is 2.25 bits per heavy atom. The van der Waals surface area contributed by atoms with Crippen molar-refractivity contribution in [3.63, 3.8) is 0 Å². The summed E-state index contributed by atoms with van der Waals surface area (Å²) in [6.07, 6.45) is 0.761. The van der Waals surface area contributed by atoms with E-state index in [1.165, 1.54) is 6.04 Å². The lowest BCUT2D eigenvalue weighted by atomic mass is 10.8. The third kappa shape index (κ3) is 5.69. The third-order valence-corrected chi connectivity index (χ3v) is 2.39. The number of nitrogens with one attached hydrogen (secondary N) is 1. The van der Waals surface area contributed by atoms with Gasteiger partial charge < -0.3 is 5.32 Å². The Kier molecular flexibility index (Phi) is 4.65. The van der Waals surface area contributed by atoms with Gasteiger partial charge in [-0.15, -0.1) is 0 Å². The van der Waals surface area contributed by atoms with Crippen LogP contribution in [-0.2, 0) is 4.79 Å². The van der Waals surface area contributed by atoms with Gasteiger partial charge in [0.05, 0.1) is 0 Å². The average Bonchev–Trinajstić information content (AvgIpc) is 1.66. The molecule has 1 amide bonds. The van der Waals surface area contributed by atoms with Crippen molar-refractivity contribution < 1.29 is 4.79 Å². The largest absolute Gasteiger partial charge is 0.359 e. The van der Waals surface area contributed by atoms with E-state index >= 15 is 0 Å². The Morgan fingerprint density at radius 1 is 1.62 bits per heavy atom. The first-order valence-electron chi connectivity index (χ1n) is 2.94. The van der Waals surface area contributed by atoms with Gasteiger partial charge in [0.25, 0.3) is 0 Å². The Balaban J connectivity index is 2.81. The molecule has 0 aromatic heterocycles. The van der Waals surface area contributed by atoms with Gasteiger partial charge in [-0.25, -0.2) is 0 Å². The molecule has 0 saturated carbocycles. The summed E-state index contributed by atoms with van der Waals surface area (Å²) in [4.78, 5) is 9.69. The van der Waals surface area contributed by atoms with Gasteiger partial charge in [-0.05, 0) is 6.04 Å². The highest BCUT2D eigenvalue weighted by Crippen LogP contribution is 1.85. The molecule has 0 aliphatic carbocycles. The van der Waals surface area contributed by atoms with Gasteiger partial charge in [0.2, 0.25) is 6.41 Å². The molecule has 1 N–H and O–H groups in total. The summed E-state index contributed by atoms with van der Waals surface area (Å²) in [5.41, 5.74) is 0. The van der Waals surface area contributed by atoms with Gasteiger partial charge in [0, 0.05) is 15.3 Å².